The van der Waals surface area contributed by atoms with Crippen LogP contribution in [0, 0.1) is 11.6 Å². The first-order chi connectivity index (χ1) is 19.2. The van der Waals surface area contributed by atoms with Crippen molar-refractivity contribution >= 4 is 38.1 Å². The lowest BCUT2D eigenvalue weighted by Crippen LogP contribution is -2.42. The van der Waals surface area contributed by atoms with Crippen molar-refractivity contribution in [1.82, 2.24) is 19.2 Å². The molecule has 0 atom stereocenters. The molecule has 4 heterocycles. The molecule has 40 heavy (non-hydrogen) atoms. The van der Waals surface area contributed by atoms with E-state index < -0.39 is 33.0 Å². The molecule has 3 aromatic rings. The number of hydrogen-bond donors (Lipinski definition) is 2. The van der Waals surface area contributed by atoms with E-state index >= 15 is 0 Å². The van der Waals surface area contributed by atoms with Gasteiger partial charge in [0, 0.05) is 31.7 Å². The number of aromatic nitrogens is 2. The molecule has 0 unspecified atom stereocenters. The van der Waals surface area contributed by atoms with Gasteiger partial charge in [0.25, 0.3) is 0 Å². The van der Waals surface area contributed by atoms with Crippen molar-refractivity contribution in [1.29, 1.82) is 0 Å². The molecule has 0 radical (unpaired) electrons. The first-order valence-corrected chi connectivity index (χ1v) is 15.3. The molecule has 0 bridgehead atoms. The maximum atomic E-state index is 14.1. The number of nitrogens with zero attached hydrogens (tertiary/aromatic N) is 4. The van der Waals surface area contributed by atoms with Crippen LogP contribution in [0.2, 0.25) is 0 Å². The fourth-order valence-electron chi connectivity index (χ4n) is 4.84. The lowest BCUT2D eigenvalue weighted by molar-refractivity contribution is 0.103. The molecular weight excluding hydrogens is 562 g/mol. The Morgan fingerprint density at radius 3 is 2.45 bits per heavy atom. The largest absolute Gasteiger partial charge is 0.476 e. The summed E-state index contributed by atoms with van der Waals surface area (Å²) in [5.74, 6) is -2.57. The van der Waals surface area contributed by atoms with Crippen LogP contribution in [0.3, 0.4) is 0 Å². The molecular formula is C26H30F2N6O4S2. The first kappa shape index (κ1) is 28.3. The number of nitrogen functional groups attached to an aromatic ring is 1. The lowest BCUT2D eigenvalue weighted by atomic mass is 10.1. The number of sulfonamides is 1. The van der Waals surface area contributed by atoms with Crippen LogP contribution < -0.4 is 15.8 Å². The fraction of sp³-hybridized carbons (Fsp3) is 0.423. The van der Waals surface area contributed by atoms with Crippen molar-refractivity contribution in [3.8, 4) is 5.88 Å². The van der Waals surface area contributed by atoms with Gasteiger partial charge in [-0.3, -0.25) is 9.69 Å². The van der Waals surface area contributed by atoms with Gasteiger partial charge in [0.15, 0.2) is 5.13 Å². The Morgan fingerprint density at radius 1 is 1.10 bits per heavy atom. The van der Waals surface area contributed by atoms with Gasteiger partial charge in [-0.25, -0.2) is 27.2 Å². The SMILES string of the molecule is Nc1nc(NC2CCN(S(=O)(=O)c3ccc(OCCN4CCCC4)nc3)CC2)sc1C(=O)c1c(F)cccc1F. The van der Waals surface area contributed by atoms with E-state index in [1.165, 1.54) is 35.5 Å². The molecule has 2 aliphatic heterocycles. The predicted octanol–water partition coefficient (Wildman–Crippen LogP) is 3.37. The highest BCUT2D eigenvalue weighted by Crippen LogP contribution is 2.31. The number of halogens is 2. The normalized spacial score (nSPS) is 17.2. The van der Waals surface area contributed by atoms with Gasteiger partial charge < -0.3 is 15.8 Å². The van der Waals surface area contributed by atoms with Crippen LogP contribution in [0.1, 0.15) is 40.9 Å². The summed E-state index contributed by atoms with van der Waals surface area (Å²) in [6.07, 6.45) is 4.70. The van der Waals surface area contributed by atoms with Gasteiger partial charge in [0.1, 0.15) is 33.8 Å². The summed E-state index contributed by atoms with van der Waals surface area (Å²) in [5.41, 5.74) is 5.20. The smallest absolute Gasteiger partial charge is 0.244 e. The number of likely N-dealkylation sites (tertiary alicyclic amines) is 1. The Balaban J connectivity index is 1.15. The summed E-state index contributed by atoms with van der Waals surface area (Å²) in [5, 5.41) is 3.49. The minimum absolute atomic E-state index is 0.0671. The molecule has 0 amide bonds. The van der Waals surface area contributed by atoms with E-state index in [9.17, 15) is 22.0 Å². The second-order valence-electron chi connectivity index (χ2n) is 9.71. The van der Waals surface area contributed by atoms with E-state index in [-0.39, 0.29) is 34.7 Å². The van der Waals surface area contributed by atoms with Crippen LogP contribution in [0.15, 0.2) is 41.4 Å². The average Bonchev–Trinajstić information content (AvgIpc) is 3.58. The molecule has 3 N–H and O–H groups in total. The quantitative estimate of drug-likeness (QED) is 0.340. The van der Waals surface area contributed by atoms with Crippen molar-refractivity contribution in [2.24, 2.45) is 0 Å². The summed E-state index contributed by atoms with van der Waals surface area (Å²) in [6.45, 7) is 4.01. The van der Waals surface area contributed by atoms with Gasteiger partial charge in [-0.2, -0.15) is 4.31 Å². The van der Waals surface area contributed by atoms with Crippen LogP contribution >= 0.6 is 11.3 Å². The van der Waals surface area contributed by atoms with Crippen molar-refractivity contribution < 1.29 is 26.7 Å². The number of ether oxygens (including phenoxy) is 1. The Morgan fingerprint density at radius 2 is 1.80 bits per heavy atom. The highest BCUT2D eigenvalue weighted by atomic mass is 32.2. The molecule has 0 aliphatic carbocycles. The number of carbonyl (C=O) groups is 1. The molecule has 14 heteroatoms. The van der Waals surface area contributed by atoms with Crippen molar-refractivity contribution in [2.45, 2.75) is 36.6 Å². The maximum Gasteiger partial charge on any atom is 0.244 e. The zero-order chi connectivity index (χ0) is 28.3. The molecule has 2 saturated heterocycles. The molecule has 1 aromatic carbocycles. The van der Waals surface area contributed by atoms with Crippen molar-refractivity contribution in [3.05, 3.63) is 58.6 Å². The van der Waals surface area contributed by atoms with E-state index in [1.54, 1.807) is 6.07 Å². The minimum Gasteiger partial charge on any atom is -0.476 e. The summed E-state index contributed by atoms with van der Waals surface area (Å²) in [6, 6.07) is 6.13. The van der Waals surface area contributed by atoms with Gasteiger partial charge in [0.2, 0.25) is 21.7 Å². The van der Waals surface area contributed by atoms with Gasteiger partial charge in [-0.1, -0.05) is 17.4 Å². The van der Waals surface area contributed by atoms with Crippen molar-refractivity contribution in [3.63, 3.8) is 0 Å². The van der Waals surface area contributed by atoms with Gasteiger partial charge in [-0.05, 0) is 57.0 Å². The standard InChI is InChI=1S/C26H30F2N6O4S2/c27-19-4-3-5-20(28)22(19)23(35)24-25(29)32-26(39-24)31-17-8-12-34(13-9-17)40(36,37)18-6-7-21(30-16-18)38-15-14-33-10-1-2-11-33/h3-7,16-17H,1-2,8-15,29H2,(H,31,32). The van der Waals surface area contributed by atoms with Crippen molar-refractivity contribution in [2.75, 3.05) is 50.4 Å². The Hall–Kier alpha value is -3.20. The summed E-state index contributed by atoms with van der Waals surface area (Å²) >= 11 is 0.906. The average molecular weight is 593 g/mol. The Kier molecular flexibility index (Phi) is 8.59. The summed E-state index contributed by atoms with van der Waals surface area (Å²) < 4.78 is 61.5. The van der Waals surface area contributed by atoms with Crippen LogP contribution in [0.5, 0.6) is 5.88 Å². The number of nitrogens with two attached hydrogens (primary N) is 1. The number of nitrogens with one attached hydrogen (secondary N) is 1. The number of piperidine rings is 1. The second kappa shape index (κ2) is 12.1. The zero-order valence-corrected chi connectivity index (χ0v) is 23.3. The molecule has 214 valence electrons. The number of hydrogen-bond acceptors (Lipinski definition) is 10. The molecule has 10 nitrogen and oxygen atoms in total. The number of ketones is 1. The molecule has 2 fully saturated rings. The molecule has 0 saturated carbocycles. The molecule has 0 spiro atoms. The van der Waals surface area contributed by atoms with E-state index in [1.807, 2.05) is 0 Å². The topological polar surface area (TPSA) is 131 Å². The first-order valence-electron chi connectivity index (χ1n) is 13.1. The number of anilines is 2. The van der Waals surface area contributed by atoms with E-state index in [4.69, 9.17) is 10.5 Å². The summed E-state index contributed by atoms with van der Waals surface area (Å²) in [4.78, 5) is 23.4. The zero-order valence-electron chi connectivity index (χ0n) is 21.7. The summed E-state index contributed by atoms with van der Waals surface area (Å²) in [7, 11) is -3.73. The van der Waals surface area contributed by atoms with E-state index in [2.05, 4.69) is 20.2 Å². The predicted molar refractivity (Wildman–Crippen MR) is 147 cm³/mol. The number of pyridine rings is 1. The third-order valence-corrected chi connectivity index (χ3v) is 9.92. The van der Waals surface area contributed by atoms with E-state index in [0.29, 0.717) is 30.5 Å². The monoisotopic (exact) mass is 592 g/mol. The highest BCUT2D eigenvalue weighted by Gasteiger charge is 2.31. The number of rotatable bonds is 10. The molecule has 5 rings (SSSR count). The third kappa shape index (κ3) is 6.24. The van der Waals surface area contributed by atoms with Crippen LogP contribution in [-0.4, -0.2) is 78.7 Å². The highest BCUT2D eigenvalue weighted by molar-refractivity contribution is 7.89. The molecule has 2 aliphatic rings. The lowest BCUT2D eigenvalue weighted by Gasteiger charge is -2.31. The van der Waals surface area contributed by atoms with Gasteiger partial charge >= 0.3 is 0 Å². The maximum absolute atomic E-state index is 14.1. The van der Waals surface area contributed by atoms with Gasteiger partial charge in [0.05, 0.1) is 11.8 Å². The number of carbonyl (C=O) groups excluding carboxylic acids is 1. The van der Waals surface area contributed by atoms with Crippen LogP contribution in [0.25, 0.3) is 0 Å². The Labute approximate surface area is 235 Å². The fourth-order valence-corrected chi connectivity index (χ4v) is 7.16. The minimum atomic E-state index is -3.73. The van der Waals surface area contributed by atoms with Gasteiger partial charge in [-0.15, -0.1) is 0 Å². The number of benzene rings is 1. The molecule has 2 aromatic heterocycles. The number of thiazole rings is 1. The third-order valence-electron chi connectivity index (χ3n) is 7.03. The van der Waals surface area contributed by atoms with Crippen LogP contribution in [-0.2, 0) is 10.0 Å². The van der Waals surface area contributed by atoms with E-state index in [0.717, 1.165) is 43.1 Å². The second-order valence-corrected chi connectivity index (χ2v) is 12.6. The Bertz CT molecular complexity index is 1430. The van der Waals surface area contributed by atoms with Crippen LogP contribution in [0.4, 0.5) is 19.7 Å².